The summed E-state index contributed by atoms with van der Waals surface area (Å²) in [7, 11) is 0. The molecule has 0 unspecified atom stereocenters. The van der Waals surface area contributed by atoms with Crippen LogP contribution >= 0.6 is 35.6 Å². The largest absolute Gasteiger partial charge is 0.508 e. The predicted molar refractivity (Wildman–Crippen MR) is 110 cm³/mol. The number of phenolic OH excluding ortho intramolecular Hbond substituents is 2. The van der Waals surface area contributed by atoms with Crippen LogP contribution in [0.25, 0.3) is 6.08 Å². The molecule has 0 bridgehead atoms. The first-order valence-corrected chi connectivity index (χ1v) is 9.26. The van der Waals surface area contributed by atoms with Crippen molar-refractivity contribution < 1.29 is 19.8 Å². The molecule has 2 aromatic rings. The fraction of sp³-hybridized carbons (Fsp3) is 0.0556. The van der Waals surface area contributed by atoms with Crippen LogP contribution in [0.2, 0.25) is 5.02 Å². The number of halogens is 1. The maximum absolute atomic E-state index is 12.6. The third kappa shape index (κ3) is 4.60. The fourth-order valence-corrected chi connectivity index (χ4v) is 3.73. The van der Waals surface area contributed by atoms with E-state index in [9.17, 15) is 19.8 Å². The third-order valence-electron chi connectivity index (χ3n) is 3.60. The number of nitrogens with one attached hydrogen (secondary N) is 1. The molecule has 1 heterocycles. The minimum absolute atomic E-state index is 0.0188. The number of nitrogens with zero attached hydrogens (tertiary/aromatic N) is 1. The number of thioether (sulfide) groups is 1. The Kier molecular flexibility index (Phi) is 5.69. The van der Waals surface area contributed by atoms with Crippen molar-refractivity contribution in [2.45, 2.75) is 0 Å². The summed E-state index contributed by atoms with van der Waals surface area (Å²) in [5.74, 6) is -0.789. The summed E-state index contributed by atoms with van der Waals surface area (Å²) < 4.78 is 0.244. The summed E-state index contributed by atoms with van der Waals surface area (Å²) in [5, 5.41) is 22.2. The normalized spacial score (nSPS) is 15.4. The number of benzene rings is 2. The molecule has 3 rings (SSSR count). The number of aromatic hydroxyl groups is 2. The van der Waals surface area contributed by atoms with Crippen LogP contribution in [0.4, 0.5) is 5.69 Å². The standard InChI is InChI=1S/C18H13ClN2O4S2/c19-11-1-6-14(23)10(7-11)8-15-17(25)21(18(26)27-15)9-16(24)20-12-2-4-13(22)5-3-12/h1-8,22-23H,9H2,(H,20,24)/b15-8-. The van der Waals surface area contributed by atoms with Crippen LogP contribution in [-0.2, 0) is 9.59 Å². The summed E-state index contributed by atoms with van der Waals surface area (Å²) in [6.45, 7) is -0.246. The highest BCUT2D eigenvalue weighted by molar-refractivity contribution is 8.26. The number of anilines is 1. The Bertz CT molecular complexity index is 960. The molecule has 0 saturated carbocycles. The van der Waals surface area contributed by atoms with Gasteiger partial charge in [0.1, 0.15) is 22.4 Å². The number of amides is 2. The van der Waals surface area contributed by atoms with E-state index in [-0.39, 0.29) is 27.3 Å². The highest BCUT2D eigenvalue weighted by Gasteiger charge is 2.33. The molecule has 1 aliphatic rings. The first kappa shape index (κ1) is 19.2. The average molecular weight is 421 g/mol. The molecule has 2 aromatic carbocycles. The van der Waals surface area contributed by atoms with Gasteiger partial charge >= 0.3 is 0 Å². The topological polar surface area (TPSA) is 89.9 Å². The van der Waals surface area contributed by atoms with Crippen molar-refractivity contribution in [3.8, 4) is 11.5 Å². The van der Waals surface area contributed by atoms with E-state index in [2.05, 4.69) is 5.32 Å². The van der Waals surface area contributed by atoms with Gasteiger partial charge in [0.05, 0.1) is 4.91 Å². The molecule has 0 spiro atoms. The molecule has 3 N–H and O–H groups in total. The molecule has 27 heavy (non-hydrogen) atoms. The van der Waals surface area contributed by atoms with Gasteiger partial charge in [-0.3, -0.25) is 14.5 Å². The van der Waals surface area contributed by atoms with Crippen molar-refractivity contribution in [1.29, 1.82) is 0 Å². The molecule has 1 fully saturated rings. The summed E-state index contributed by atoms with van der Waals surface area (Å²) >= 11 is 12.2. The summed E-state index contributed by atoms with van der Waals surface area (Å²) in [4.78, 5) is 26.2. The number of thiocarbonyl (C=S) groups is 1. The van der Waals surface area contributed by atoms with Gasteiger partial charge in [0.25, 0.3) is 5.91 Å². The quantitative estimate of drug-likeness (QED) is 0.398. The van der Waals surface area contributed by atoms with Gasteiger partial charge in [0, 0.05) is 16.3 Å². The van der Waals surface area contributed by atoms with E-state index in [1.165, 1.54) is 41.3 Å². The Morgan fingerprint density at radius 2 is 1.93 bits per heavy atom. The molecule has 0 radical (unpaired) electrons. The van der Waals surface area contributed by atoms with Crippen LogP contribution in [0.3, 0.4) is 0 Å². The molecule has 1 saturated heterocycles. The predicted octanol–water partition coefficient (Wildman–Crippen LogP) is 3.59. The first-order valence-electron chi connectivity index (χ1n) is 7.66. The number of hydrogen-bond donors (Lipinski definition) is 3. The Morgan fingerprint density at radius 1 is 1.22 bits per heavy atom. The highest BCUT2D eigenvalue weighted by atomic mass is 35.5. The van der Waals surface area contributed by atoms with Crippen molar-refractivity contribution in [3.05, 3.63) is 58.0 Å². The highest BCUT2D eigenvalue weighted by Crippen LogP contribution is 2.34. The van der Waals surface area contributed by atoms with Gasteiger partial charge in [0.15, 0.2) is 0 Å². The number of rotatable bonds is 4. The number of carbonyl (C=O) groups is 2. The van der Waals surface area contributed by atoms with E-state index in [0.29, 0.717) is 16.3 Å². The smallest absolute Gasteiger partial charge is 0.266 e. The zero-order valence-corrected chi connectivity index (χ0v) is 16.1. The second-order valence-corrected chi connectivity index (χ2v) is 7.68. The Morgan fingerprint density at radius 3 is 2.63 bits per heavy atom. The molecule has 6 nitrogen and oxygen atoms in total. The summed E-state index contributed by atoms with van der Waals surface area (Å²) in [6, 6.07) is 10.5. The van der Waals surface area contributed by atoms with Gasteiger partial charge in [-0.15, -0.1) is 0 Å². The zero-order chi connectivity index (χ0) is 19.6. The first-order chi connectivity index (χ1) is 12.8. The van der Waals surface area contributed by atoms with Gasteiger partial charge in [-0.05, 0) is 48.5 Å². The van der Waals surface area contributed by atoms with Crippen molar-refractivity contribution in [1.82, 2.24) is 4.90 Å². The lowest BCUT2D eigenvalue weighted by molar-refractivity contribution is -0.126. The van der Waals surface area contributed by atoms with E-state index in [4.69, 9.17) is 23.8 Å². The van der Waals surface area contributed by atoms with Gasteiger partial charge < -0.3 is 15.5 Å². The second kappa shape index (κ2) is 7.99. The second-order valence-electron chi connectivity index (χ2n) is 5.57. The lowest BCUT2D eigenvalue weighted by atomic mass is 10.2. The lowest BCUT2D eigenvalue weighted by Gasteiger charge is -2.14. The lowest BCUT2D eigenvalue weighted by Crippen LogP contribution is -2.36. The maximum atomic E-state index is 12.6. The van der Waals surface area contributed by atoms with Gasteiger partial charge in [-0.1, -0.05) is 35.6 Å². The van der Waals surface area contributed by atoms with Crippen LogP contribution in [0.1, 0.15) is 5.56 Å². The van der Waals surface area contributed by atoms with Crippen molar-refractivity contribution in [3.63, 3.8) is 0 Å². The van der Waals surface area contributed by atoms with Crippen LogP contribution in [0.15, 0.2) is 47.4 Å². The monoisotopic (exact) mass is 420 g/mol. The minimum atomic E-state index is -0.427. The Balaban J connectivity index is 1.72. The third-order valence-corrected chi connectivity index (χ3v) is 5.22. The average Bonchev–Trinajstić information content (AvgIpc) is 2.87. The molecule has 1 aliphatic heterocycles. The maximum Gasteiger partial charge on any atom is 0.266 e. The van der Waals surface area contributed by atoms with E-state index < -0.39 is 11.8 Å². The van der Waals surface area contributed by atoms with Crippen LogP contribution in [0, 0.1) is 0 Å². The van der Waals surface area contributed by atoms with E-state index in [1.54, 1.807) is 12.1 Å². The summed E-state index contributed by atoms with van der Waals surface area (Å²) in [5.41, 5.74) is 0.874. The van der Waals surface area contributed by atoms with Gasteiger partial charge in [0.2, 0.25) is 5.91 Å². The van der Waals surface area contributed by atoms with E-state index >= 15 is 0 Å². The minimum Gasteiger partial charge on any atom is -0.508 e. The molecule has 0 atom stereocenters. The number of hydrogen-bond acceptors (Lipinski definition) is 6. The molecular weight excluding hydrogens is 408 g/mol. The molecular formula is C18H13ClN2O4S2. The van der Waals surface area contributed by atoms with Crippen LogP contribution in [-0.4, -0.2) is 37.8 Å². The van der Waals surface area contributed by atoms with Crippen molar-refractivity contribution in [2.24, 2.45) is 0 Å². The van der Waals surface area contributed by atoms with Gasteiger partial charge in [-0.2, -0.15) is 0 Å². The Labute approximate surface area is 169 Å². The van der Waals surface area contributed by atoms with Crippen LogP contribution < -0.4 is 5.32 Å². The van der Waals surface area contributed by atoms with E-state index in [0.717, 1.165) is 11.8 Å². The van der Waals surface area contributed by atoms with Crippen LogP contribution in [0.5, 0.6) is 11.5 Å². The fourth-order valence-electron chi connectivity index (χ4n) is 2.31. The van der Waals surface area contributed by atoms with Crippen molar-refractivity contribution in [2.75, 3.05) is 11.9 Å². The number of phenols is 2. The molecule has 0 aromatic heterocycles. The number of carbonyl (C=O) groups excluding carboxylic acids is 2. The van der Waals surface area contributed by atoms with Crippen molar-refractivity contribution >= 4 is 63.5 Å². The Hall–Kier alpha value is -2.55. The molecule has 2 amide bonds. The molecule has 9 heteroatoms. The zero-order valence-electron chi connectivity index (χ0n) is 13.7. The van der Waals surface area contributed by atoms with Gasteiger partial charge in [-0.25, -0.2) is 0 Å². The molecule has 0 aliphatic carbocycles. The summed E-state index contributed by atoms with van der Waals surface area (Å²) in [6.07, 6.45) is 1.48. The SMILES string of the molecule is O=C(CN1C(=O)/C(=C/c2cc(Cl)ccc2O)SC1=S)Nc1ccc(O)cc1. The van der Waals surface area contributed by atoms with E-state index in [1.807, 2.05) is 0 Å². The molecule has 138 valence electrons.